The molecule has 0 radical (unpaired) electrons. The van der Waals surface area contributed by atoms with Crippen LogP contribution in [0.25, 0.3) is 0 Å². The normalized spacial score (nSPS) is 25.7. The predicted octanol–water partition coefficient (Wildman–Crippen LogP) is 1.24. The van der Waals surface area contributed by atoms with Gasteiger partial charge < -0.3 is 19.5 Å². The highest BCUT2D eigenvalue weighted by Crippen LogP contribution is 2.40. The van der Waals surface area contributed by atoms with Gasteiger partial charge in [0.1, 0.15) is 5.60 Å². The Hall–Kier alpha value is -2.41. The Balaban J connectivity index is 2.45. The maximum Gasteiger partial charge on any atom is 0.306 e. The number of likely N-dealkylation sites (N-methyl/N-ethyl adjacent to an activating group) is 1. The number of carbonyl (C=O) groups is 3. The zero-order chi connectivity index (χ0) is 19.3. The molecule has 3 atom stereocenters. The lowest BCUT2D eigenvalue weighted by atomic mass is 9.74. The Morgan fingerprint density at radius 1 is 1.19 bits per heavy atom. The standard InChI is InChI=1S/C19H25NO6/c1-4-15(21)25-12-14-11-20(3)18(23)17(26-16(22)5-2)19(14,24)13-9-7-6-8-10-13/h6-10,14,17,24H,4-5,11-12H2,1-3H3. The molecule has 0 aliphatic carbocycles. The molecule has 142 valence electrons. The second-order valence-corrected chi connectivity index (χ2v) is 6.37. The minimum absolute atomic E-state index is 0.0772. The summed E-state index contributed by atoms with van der Waals surface area (Å²) in [6, 6.07) is 8.57. The number of hydrogen-bond acceptors (Lipinski definition) is 6. The molecule has 0 bridgehead atoms. The molecule has 1 amide bonds. The Morgan fingerprint density at radius 2 is 1.81 bits per heavy atom. The summed E-state index contributed by atoms with van der Waals surface area (Å²) in [7, 11) is 1.56. The van der Waals surface area contributed by atoms with Crippen molar-refractivity contribution in [2.45, 2.75) is 38.4 Å². The summed E-state index contributed by atoms with van der Waals surface area (Å²) in [4.78, 5) is 37.5. The summed E-state index contributed by atoms with van der Waals surface area (Å²) in [5.74, 6) is -2.12. The maximum atomic E-state index is 12.7. The molecule has 0 saturated carbocycles. The molecular formula is C19H25NO6. The number of ether oxygens (including phenoxy) is 2. The highest BCUT2D eigenvalue weighted by atomic mass is 16.6. The van der Waals surface area contributed by atoms with Crippen molar-refractivity contribution >= 4 is 17.8 Å². The van der Waals surface area contributed by atoms with Crippen molar-refractivity contribution in [3.05, 3.63) is 35.9 Å². The third kappa shape index (κ3) is 3.88. The molecule has 1 aliphatic heterocycles. The summed E-state index contributed by atoms with van der Waals surface area (Å²) in [6.45, 7) is 3.37. The third-order valence-electron chi connectivity index (χ3n) is 4.63. The molecule has 1 N–H and O–H groups in total. The molecule has 1 fully saturated rings. The van der Waals surface area contributed by atoms with Gasteiger partial charge in [-0.3, -0.25) is 14.4 Å². The van der Waals surface area contributed by atoms with Crippen LogP contribution >= 0.6 is 0 Å². The van der Waals surface area contributed by atoms with Crippen LogP contribution in [0.3, 0.4) is 0 Å². The van der Waals surface area contributed by atoms with E-state index in [9.17, 15) is 19.5 Å². The van der Waals surface area contributed by atoms with E-state index in [1.807, 2.05) is 0 Å². The zero-order valence-electron chi connectivity index (χ0n) is 15.3. The molecule has 7 heteroatoms. The smallest absolute Gasteiger partial charge is 0.306 e. The van der Waals surface area contributed by atoms with Gasteiger partial charge in [-0.25, -0.2) is 0 Å². The van der Waals surface area contributed by atoms with Gasteiger partial charge in [-0.2, -0.15) is 0 Å². The first-order valence-corrected chi connectivity index (χ1v) is 8.72. The third-order valence-corrected chi connectivity index (χ3v) is 4.63. The lowest BCUT2D eigenvalue weighted by Gasteiger charge is -2.47. The van der Waals surface area contributed by atoms with Crippen molar-refractivity contribution in [3.63, 3.8) is 0 Å². The van der Waals surface area contributed by atoms with E-state index in [2.05, 4.69) is 0 Å². The Bertz CT molecular complexity index is 661. The fourth-order valence-corrected chi connectivity index (χ4v) is 3.08. The average molecular weight is 363 g/mol. The Labute approximate surface area is 152 Å². The number of rotatable bonds is 6. The second kappa shape index (κ2) is 8.31. The van der Waals surface area contributed by atoms with E-state index in [4.69, 9.17) is 9.47 Å². The molecule has 26 heavy (non-hydrogen) atoms. The van der Waals surface area contributed by atoms with Gasteiger partial charge in [0.05, 0.1) is 6.61 Å². The van der Waals surface area contributed by atoms with Gasteiger partial charge in [-0.05, 0) is 5.56 Å². The minimum Gasteiger partial charge on any atom is -0.465 e. The van der Waals surface area contributed by atoms with Gasteiger partial charge in [0.15, 0.2) is 0 Å². The number of hydrogen-bond donors (Lipinski definition) is 1. The van der Waals surface area contributed by atoms with Crippen LogP contribution in [-0.4, -0.2) is 54.2 Å². The highest BCUT2D eigenvalue weighted by molar-refractivity contribution is 5.86. The molecule has 1 heterocycles. The van der Waals surface area contributed by atoms with Gasteiger partial charge in [-0.1, -0.05) is 44.2 Å². The van der Waals surface area contributed by atoms with Crippen LogP contribution < -0.4 is 0 Å². The zero-order valence-corrected chi connectivity index (χ0v) is 15.3. The van der Waals surface area contributed by atoms with Crippen molar-refractivity contribution in [3.8, 4) is 0 Å². The molecule has 2 rings (SSSR count). The summed E-state index contributed by atoms with van der Waals surface area (Å²) in [5.41, 5.74) is -1.35. The molecule has 1 aromatic rings. The molecule has 7 nitrogen and oxygen atoms in total. The molecule has 1 saturated heterocycles. The van der Waals surface area contributed by atoms with E-state index < -0.39 is 35.5 Å². The van der Waals surface area contributed by atoms with E-state index >= 15 is 0 Å². The molecule has 1 aliphatic rings. The summed E-state index contributed by atoms with van der Waals surface area (Å²) in [6.07, 6.45) is -1.12. The monoisotopic (exact) mass is 363 g/mol. The number of likely N-dealkylation sites (tertiary alicyclic amines) is 1. The van der Waals surface area contributed by atoms with Gasteiger partial charge in [0.2, 0.25) is 6.10 Å². The quantitative estimate of drug-likeness (QED) is 0.765. The molecular weight excluding hydrogens is 338 g/mol. The first-order valence-electron chi connectivity index (χ1n) is 8.72. The van der Waals surface area contributed by atoms with E-state index in [-0.39, 0.29) is 26.0 Å². The van der Waals surface area contributed by atoms with Gasteiger partial charge in [0.25, 0.3) is 5.91 Å². The van der Waals surface area contributed by atoms with E-state index in [1.54, 1.807) is 51.2 Å². The maximum absolute atomic E-state index is 12.7. The van der Waals surface area contributed by atoms with Crippen molar-refractivity contribution in [1.82, 2.24) is 4.90 Å². The lowest BCUT2D eigenvalue weighted by Crippen LogP contribution is -2.63. The molecule has 0 aromatic heterocycles. The fraction of sp³-hybridized carbons (Fsp3) is 0.526. The number of benzene rings is 1. The topological polar surface area (TPSA) is 93.1 Å². The number of piperidine rings is 1. The Kier molecular flexibility index (Phi) is 6.37. The molecule has 3 unspecified atom stereocenters. The van der Waals surface area contributed by atoms with E-state index in [0.29, 0.717) is 5.56 Å². The highest BCUT2D eigenvalue weighted by Gasteiger charge is 2.56. The van der Waals surface area contributed by atoms with Crippen molar-refractivity contribution in [2.24, 2.45) is 5.92 Å². The van der Waals surface area contributed by atoms with Crippen LogP contribution in [0.4, 0.5) is 0 Å². The van der Waals surface area contributed by atoms with Crippen molar-refractivity contribution in [2.75, 3.05) is 20.2 Å². The number of nitrogens with zero attached hydrogens (tertiary/aromatic N) is 1. The number of aliphatic hydroxyl groups is 1. The first-order chi connectivity index (χ1) is 12.3. The predicted molar refractivity (Wildman–Crippen MR) is 92.9 cm³/mol. The lowest BCUT2D eigenvalue weighted by molar-refractivity contribution is -0.205. The van der Waals surface area contributed by atoms with Crippen molar-refractivity contribution < 1.29 is 29.0 Å². The van der Waals surface area contributed by atoms with Crippen molar-refractivity contribution in [1.29, 1.82) is 0 Å². The van der Waals surface area contributed by atoms with Gasteiger partial charge in [-0.15, -0.1) is 0 Å². The van der Waals surface area contributed by atoms with Gasteiger partial charge >= 0.3 is 11.9 Å². The van der Waals surface area contributed by atoms with Crippen LogP contribution in [0.1, 0.15) is 32.3 Å². The van der Waals surface area contributed by atoms with Crippen LogP contribution in [0.5, 0.6) is 0 Å². The SMILES string of the molecule is CCC(=O)OCC1CN(C)C(=O)C(OC(=O)CC)C1(O)c1ccccc1. The summed E-state index contributed by atoms with van der Waals surface area (Å²) < 4.78 is 10.6. The van der Waals surface area contributed by atoms with Crippen LogP contribution in [-0.2, 0) is 29.5 Å². The number of amides is 1. The fourth-order valence-electron chi connectivity index (χ4n) is 3.08. The minimum atomic E-state index is -1.79. The average Bonchev–Trinajstić information content (AvgIpc) is 2.67. The Morgan fingerprint density at radius 3 is 2.38 bits per heavy atom. The second-order valence-electron chi connectivity index (χ2n) is 6.37. The largest absolute Gasteiger partial charge is 0.465 e. The van der Waals surface area contributed by atoms with E-state index in [1.165, 1.54) is 4.90 Å². The number of esters is 2. The summed E-state index contributed by atoms with van der Waals surface area (Å²) in [5, 5.41) is 11.6. The van der Waals surface area contributed by atoms with Gasteiger partial charge in [0, 0.05) is 32.4 Å². The van der Waals surface area contributed by atoms with E-state index in [0.717, 1.165) is 0 Å². The number of carbonyl (C=O) groups excluding carboxylic acids is 3. The first kappa shape index (κ1) is 19.9. The van der Waals surface area contributed by atoms with Crippen LogP contribution in [0.2, 0.25) is 0 Å². The summed E-state index contributed by atoms with van der Waals surface area (Å²) >= 11 is 0. The molecule has 0 spiro atoms. The van der Waals surface area contributed by atoms with Crippen LogP contribution in [0, 0.1) is 5.92 Å². The molecule has 1 aromatic carbocycles. The van der Waals surface area contributed by atoms with Crippen LogP contribution in [0.15, 0.2) is 30.3 Å².